The highest BCUT2D eigenvalue weighted by molar-refractivity contribution is 5.71. The molecule has 0 saturated carbocycles. The molecule has 0 spiro atoms. The number of allylic oxidation sites excluding steroid dienone is 10. The molecule has 1 unspecified atom stereocenters. The summed E-state index contributed by atoms with van der Waals surface area (Å²) in [6.45, 7) is 6.63. The van der Waals surface area contributed by atoms with Crippen LogP contribution in [0, 0.1) is 0 Å². The Kier molecular flexibility index (Phi) is 59.2. The first-order chi connectivity index (χ1) is 36.0. The highest BCUT2D eigenvalue weighted by atomic mass is 16.6. The number of hydrogen-bond acceptors (Lipinski definition) is 6. The van der Waals surface area contributed by atoms with E-state index >= 15 is 0 Å². The standard InChI is InChI=1S/C67H120O6/c1-4-7-10-13-16-19-22-25-28-31-33-36-39-42-45-48-51-54-57-60-66(69)72-63-64(62-71-65(68)59-56-53-50-47-44-41-38-35-30-27-24-21-18-15-12-9-6-3)73-67(70)61-58-55-52-49-46-43-40-37-34-32-29-26-23-20-17-14-11-8-5-2/h16,19,25-30,33,36,64H,4-15,17-18,20-24,31-32,34-35,37-63H2,1-3H3/b19-16-,28-25-,29-26-,30-27-,36-33-. The maximum Gasteiger partial charge on any atom is 0.306 e. The average Bonchev–Trinajstić information content (AvgIpc) is 3.39. The van der Waals surface area contributed by atoms with Gasteiger partial charge in [0.05, 0.1) is 0 Å². The Morgan fingerprint density at radius 2 is 0.493 bits per heavy atom. The number of carbonyl (C=O) groups excluding carboxylic acids is 3. The fraction of sp³-hybridized carbons (Fsp3) is 0.806. The van der Waals surface area contributed by atoms with Gasteiger partial charge in [0.25, 0.3) is 0 Å². The summed E-state index contributed by atoms with van der Waals surface area (Å²) in [4.78, 5) is 38.3. The van der Waals surface area contributed by atoms with Gasteiger partial charge in [0, 0.05) is 19.3 Å². The molecule has 0 fully saturated rings. The van der Waals surface area contributed by atoms with Crippen LogP contribution in [-0.4, -0.2) is 37.2 Å². The van der Waals surface area contributed by atoms with Crippen molar-refractivity contribution in [2.24, 2.45) is 0 Å². The maximum absolute atomic E-state index is 12.9. The zero-order valence-corrected chi connectivity index (χ0v) is 48.7. The predicted molar refractivity (Wildman–Crippen MR) is 316 cm³/mol. The maximum atomic E-state index is 12.9. The second-order valence-electron chi connectivity index (χ2n) is 21.3. The second kappa shape index (κ2) is 61.7. The predicted octanol–water partition coefficient (Wildman–Crippen LogP) is 21.6. The molecule has 0 aliphatic carbocycles. The zero-order valence-electron chi connectivity index (χ0n) is 48.7. The van der Waals surface area contributed by atoms with Crippen LogP contribution in [0.5, 0.6) is 0 Å². The van der Waals surface area contributed by atoms with E-state index in [-0.39, 0.29) is 31.1 Å². The van der Waals surface area contributed by atoms with Gasteiger partial charge in [-0.2, -0.15) is 0 Å². The Labute approximate surface area is 453 Å². The molecular formula is C67H120O6. The molecule has 6 heteroatoms. The van der Waals surface area contributed by atoms with Gasteiger partial charge >= 0.3 is 17.9 Å². The molecule has 0 amide bonds. The van der Waals surface area contributed by atoms with E-state index in [1.165, 1.54) is 212 Å². The fourth-order valence-electron chi connectivity index (χ4n) is 9.15. The highest BCUT2D eigenvalue weighted by Crippen LogP contribution is 2.16. The van der Waals surface area contributed by atoms with E-state index in [9.17, 15) is 14.4 Å². The topological polar surface area (TPSA) is 78.9 Å². The molecule has 0 radical (unpaired) electrons. The fourth-order valence-corrected chi connectivity index (χ4v) is 9.15. The van der Waals surface area contributed by atoms with Crippen molar-refractivity contribution < 1.29 is 28.6 Å². The van der Waals surface area contributed by atoms with Crippen molar-refractivity contribution in [3.05, 3.63) is 60.8 Å². The lowest BCUT2D eigenvalue weighted by atomic mass is 10.1. The lowest BCUT2D eigenvalue weighted by Gasteiger charge is -2.18. The molecule has 0 aromatic carbocycles. The first-order valence-electron chi connectivity index (χ1n) is 31.8. The minimum atomic E-state index is -0.783. The first-order valence-corrected chi connectivity index (χ1v) is 31.8. The van der Waals surface area contributed by atoms with Crippen molar-refractivity contribution >= 4 is 17.9 Å². The van der Waals surface area contributed by atoms with Gasteiger partial charge in [-0.15, -0.1) is 0 Å². The van der Waals surface area contributed by atoms with Crippen LogP contribution in [0.25, 0.3) is 0 Å². The van der Waals surface area contributed by atoms with E-state index in [1.54, 1.807) is 0 Å². The summed E-state index contributed by atoms with van der Waals surface area (Å²) in [6, 6.07) is 0. The summed E-state index contributed by atoms with van der Waals surface area (Å²) in [5.74, 6) is -0.882. The van der Waals surface area contributed by atoms with Gasteiger partial charge in [0.1, 0.15) is 13.2 Å². The van der Waals surface area contributed by atoms with Gasteiger partial charge in [-0.05, 0) is 109 Å². The van der Waals surface area contributed by atoms with Crippen LogP contribution in [0.3, 0.4) is 0 Å². The van der Waals surface area contributed by atoms with Crippen molar-refractivity contribution in [3.63, 3.8) is 0 Å². The molecule has 1 atom stereocenters. The molecule has 0 N–H and O–H groups in total. The van der Waals surface area contributed by atoms with Gasteiger partial charge in [-0.25, -0.2) is 0 Å². The summed E-state index contributed by atoms with van der Waals surface area (Å²) in [5, 5.41) is 0. The largest absolute Gasteiger partial charge is 0.462 e. The number of esters is 3. The third-order valence-electron chi connectivity index (χ3n) is 14.0. The van der Waals surface area contributed by atoms with Gasteiger partial charge in [0.2, 0.25) is 0 Å². The van der Waals surface area contributed by atoms with Crippen LogP contribution < -0.4 is 0 Å². The Hall–Kier alpha value is -2.89. The minimum absolute atomic E-state index is 0.0799. The Bertz CT molecular complexity index is 1310. The number of rotatable bonds is 58. The quantitative estimate of drug-likeness (QED) is 0.0261. The second-order valence-corrected chi connectivity index (χ2v) is 21.3. The molecule has 0 aliphatic heterocycles. The van der Waals surface area contributed by atoms with Crippen LogP contribution in [0.4, 0.5) is 0 Å². The SMILES string of the molecule is CCCCC/C=C\C/C=C\C/C=C\CCCCCCCCC(=O)OCC(COC(=O)CCCCCCCCC/C=C\CCCCCCCC)OC(=O)CCCCCCCCCCC/C=C\CCCCCCCC. The molecule has 424 valence electrons. The van der Waals surface area contributed by atoms with Crippen molar-refractivity contribution in [2.45, 2.75) is 335 Å². The van der Waals surface area contributed by atoms with Crippen LogP contribution in [0.1, 0.15) is 329 Å². The molecule has 0 saturated heterocycles. The first kappa shape index (κ1) is 70.1. The third kappa shape index (κ3) is 59.9. The van der Waals surface area contributed by atoms with Gasteiger partial charge in [-0.1, -0.05) is 261 Å². The van der Waals surface area contributed by atoms with Crippen LogP contribution in [0.15, 0.2) is 60.8 Å². The lowest BCUT2D eigenvalue weighted by molar-refractivity contribution is -0.167. The van der Waals surface area contributed by atoms with Crippen molar-refractivity contribution in [3.8, 4) is 0 Å². The van der Waals surface area contributed by atoms with E-state index in [2.05, 4.69) is 81.5 Å². The Morgan fingerprint density at radius 1 is 0.274 bits per heavy atom. The summed E-state index contributed by atoms with van der Waals surface area (Å²) >= 11 is 0. The zero-order chi connectivity index (χ0) is 52.9. The normalized spacial score (nSPS) is 12.4. The summed E-state index contributed by atoms with van der Waals surface area (Å²) < 4.78 is 16.9. The highest BCUT2D eigenvalue weighted by Gasteiger charge is 2.19. The molecular weight excluding hydrogens is 901 g/mol. The molecule has 0 aromatic rings. The number of carbonyl (C=O) groups is 3. The summed E-state index contributed by atoms with van der Waals surface area (Å²) in [5.41, 5.74) is 0. The van der Waals surface area contributed by atoms with E-state index in [1.807, 2.05) is 0 Å². The van der Waals surface area contributed by atoms with Crippen LogP contribution in [-0.2, 0) is 28.6 Å². The molecule has 6 nitrogen and oxygen atoms in total. The average molecular weight is 1020 g/mol. The van der Waals surface area contributed by atoms with Gasteiger partial charge in [0.15, 0.2) is 6.10 Å². The summed E-state index contributed by atoms with van der Waals surface area (Å²) in [7, 11) is 0. The Morgan fingerprint density at radius 3 is 0.808 bits per heavy atom. The monoisotopic (exact) mass is 1020 g/mol. The molecule has 73 heavy (non-hydrogen) atoms. The van der Waals surface area contributed by atoms with Gasteiger partial charge in [-0.3, -0.25) is 14.4 Å². The third-order valence-corrected chi connectivity index (χ3v) is 14.0. The molecule has 0 rings (SSSR count). The van der Waals surface area contributed by atoms with Gasteiger partial charge < -0.3 is 14.2 Å². The van der Waals surface area contributed by atoms with Crippen LogP contribution in [0.2, 0.25) is 0 Å². The number of hydrogen-bond donors (Lipinski definition) is 0. The van der Waals surface area contributed by atoms with E-state index in [4.69, 9.17) is 14.2 Å². The number of unbranched alkanes of at least 4 members (excludes halogenated alkanes) is 37. The molecule has 0 bridgehead atoms. The molecule has 0 aliphatic rings. The Balaban J connectivity index is 4.39. The smallest absolute Gasteiger partial charge is 0.306 e. The number of ether oxygens (including phenoxy) is 3. The molecule has 0 heterocycles. The van der Waals surface area contributed by atoms with Crippen molar-refractivity contribution in [1.82, 2.24) is 0 Å². The minimum Gasteiger partial charge on any atom is -0.462 e. The molecule has 0 aromatic heterocycles. The van der Waals surface area contributed by atoms with E-state index in [0.717, 1.165) is 77.0 Å². The van der Waals surface area contributed by atoms with E-state index < -0.39 is 6.10 Å². The van der Waals surface area contributed by atoms with Crippen LogP contribution >= 0.6 is 0 Å². The lowest BCUT2D eigenvalue weighted by Crippen LogP contribution is -2.30. The summed E-state index contributed by atoms with van der Waals surface area (Å²) in [6.07, 6.45) is 77.8. The van der Waals surface area contributed by atoms with E-state index in [0.29, 0.717) is 19.3 Å². The van der Waals surface area contributed by atoms with Crippen molar-refractivity contribution in [2.75, 3.05) is 13.2 Å². The van der Waals surface area contributed by atoms with Crippen molar-refractivity contribution in [1.29, 1.82) is 0 Å².